The third kappa shape index (κ3) is 4.36. The van der Waals surface area contributed by atoms with E-state index >= 15 is 0 Å². The number of anilines is 2. The molecule has 142 valence electrons. The Morgan fingerprint density at radius 1 is 1.15 bits per heavy atom. The summed E-state index contributed by atoms with van der Waals surface area (Å²) in [7, 11) is -3.68. The van der Waals surface area contributed by atoms with Gasteiger partial charge in [-0.15, -0.1) is 0 Å². The van der Waals surface area contributed by atoms with Gasteiger partial charge >= 0.3 is 0 Å². The SMILES string of the molecule is Cc1ccc(NS(=O)(=O)CC(C)C(=O)N2CCC(=O)c3ccccc32)cc1. The predicted octanol–water partition coefficient (Wildman–Crippen LogP) is 2.99. The third-order valence-corrected chi connectivity index (χ3v) is 6.03. The van der Waals surface area contributed by atoms with Gasteiger partial charge in [0.2, 0.25) is 15.9 Å². The highest BCUT2D eigenvalue weighted by Crippen LogP contribution is 2.28. The molecule has 1 aliphatic rings. The summed E-state index contributed by atoms with van der Waals surface area (Å²) in [6.45, 7) is 3.78. The molecular weight excluding hydrogens is 364 g/mol. The van der Waals surface area contributed by atoms with E-state index in [0.717, 1.165) is 5.56 Å². The van der Waals surface area contributed by atoms with Gasteiger partial charge in [0, 0.05) is 24.2 Å². The van der Waals surface area contributed by atoms with Gasteiger partial charge in [-0.2, -0.15) is 0 Å². The number of amides is 1. The predicted molar refractivity (Wildman–Crippen MR) is 105 cm³/mol. The second kappa shape index (κ2) is 7.52. The van der Waals surface area contributed by atoms with Crippen LogP contribution in [0.5, 0.6) is 0 Å². The van der Waals surface area contributed by atoms with Crippen molar-refractivity contribution in [1.82, 2.24) is 0 Å². The number of hydrogen-bond donors (Lipinski definition) is 1. The van der Waals surface area contributed by atoms with Gasteiger partial charge in [0.25, 0.3) is 0 Å². The first kappa shape index (κ1) is 19.1. The molecule has 1 amide bonds. The molecule has 2 aromatic rings. The first-order chi connectivity index (χ1) is 12.8. The van der Waals surface area contributed by atoms with Crippen molar-refractivity contribution in [3.63, 3.8) is 0 Å². The zero-order chi connectivity index (χ0) is 19.6. The van der Waals surface area contributed by atoms with Crippen molar-refractivity contribution in [1.29, 1.82) is 0 Å². The molecule has 0 spiro atoms. The van der Waals surface area contributed by atoms with Crippen molar-refractivity contribution < 1.29 is 18.0 Å². The summed E-state index contributed by atoms with van der Waals surface area (Å²) in [5, 5.41) is 0. The molecule has 6 nitrogen and oxygen atoms in total. The van der Waals surface area contributed by atoms with Gasteiger partial charge in [-0.3, -0.25) is 14.3 Å². The third-order valence-electron chi connectivity index (χ3n) is 4.54. The van der Waals surface area contributed by atoms with E-state index in [-0.39, 0.29) is 30.4 Å². The van der Waals surface area contributed by atoms with E-state index in [1.54, 1.807) is 43.3 Å². The van der Waals surface area contributed by atoms with Gasteiger partial charge < -0.3 is 4.90 Å². The molecule has 1 N–H and O–H groups in total. The molecular formula is C20H22N2O4S. The van der Waals surface area contributed by atoms with Gasteiger partial charge in [-0.1, -0.05) is 36.8 Å². The van der Waals surface area contributed by atoms with Crippen molar-refractivity contribution in [3.8, 4) is 0 Å². The average Bonchev–Trinajstić information content (AvgIpc) is 2.63. The van der Waals surface area contributed by atoms with Crippen LogP contribution in [0.1, 0.15) is 29.3 Å². The molecule has 3 rings (SSSR count). The van der Waals surface area contributed by atoms with Crippen molar-refractivity contribution >= 4 is 33.1 Å². The van der Waals surface area contributed by atoms with Crippen LogP contribution in [0.3, 0.4) is 0 Å². The number of hydrogen-bond acceptors (Lipinski definition) is 4. The van der Waals surface area contributed by atoms with Crippen LogP contribution in [-0.2, 0) is 14.8 Å². The number of fused-ring (bicyclic) bond motifs is 1. The second-order valence-corrected chi connectivity index (χ2v) is 8.60. The first-order valence-corrected chi connectivity index (χ1v) is 10.4. The van der Waals surface area contributed by atoms with Crippen molar-refractivity contribution in [2.75, 3.05) is 21.9 Å². The van der Waals surface area contributed by atoms with Gasteiger partial charge in [0.15, 0.2) is 5.78 Å². The quantitative estimate of drug-likeness (QED) is 0.856. The standard InChI is InChI=1S/C20H22N2O4S/c1-14-7-9-16(10-8-14)21-27(25,26)13-15(2)20(24)22-12-11-19(23)17-5-3-4-6-18(17)22/h3-10,15,21H,11-13H2,1-2H3. The van der Waals surface area contributed by atoms with E-state index in [4.69, 9.17) is 0 Å². The van der Waals surface area contributed by atoms with E-state index in [0.29, 0.717) is 16.9 Å². The van der Waals surface area contributed by atoms with Crippen LogP contribution >= 0.6 is 0 Å². The number of carbonyl (C=O) groups excluding carboxylic acids is 2. The van der Waals surface area contributed by atoms with Gasteiger partial charge in [-0.05, 0) is 31.2 Å². The minimum Gasteiger partial charge on any atom is -0.311 e. The molecule has 7 heteroatoms. The monoisotopic (exact) mass is 386 g/mol. The fourth-order valence-corrected chi connectivity index (χ4v) is 4.53. The van der Waals surface area contributed by atoms with Crippen LogP contribution < -0.4 is 9.62 Å². The van der Waals surface area contributed by atoms with Crippen molar-refractivity contribution in [2.45, 2.75) is 20.3 Å². The molecule has 0 radical (unpaired) electrons. The van der Waals surface area contributed by atoms with Gasteiger partial charge in [-0.25, -0.2) is 8.42 Å². The lowest BCUT2D eigenvalue weighted by Crippen LogP contribution is -2.42. The number of carbonyl (C=O) groups is 2. The number of Topliss-reactive ketones (excluding diaryl/α,β-unsaturated/α-hetero) is 1. The Balaban J connectivity index is 1.73. The highest BCUT2D eigenvalue weighted by atomic mass is 32.2. The lowest BCUT2D eigenvalue weighted by Gasteiger charge is -2.30. The minimum absolute atomic E-state index is 0.00374. The number of rotatable bonds is 5. The molecule has 1 unspecified atom stereocenters. The second-order valence-electron chi connectivity index (χ2n) is 6.83. The maximum Gasteiger partial charge on any atom is 0.233 e. The Bertz CT molecular complexity index is 968. The summed E-state index contributed by atoms with van der Waals surface area (Å²) >= 11 is 0. The smallest absolute Gasteiger partial charge is 0.233 e. The van der Waals surface area contributed by atoms with Crippen LogP contribution in [0.25, 0.3) is 0 Å². The molecule has 0 bridgehead atoms. The molecule has 2 aromatic carbocycles. The van der Waals surface area contributed by atoms with Crippen molar-refractivity contribution in [2.24, 2.45) is 5.92 Å². The van der Waals surface area contributed by atoms with Crippen LogP contribution in [0.2, 0.25) is 0 Å². The number of aryl methyl sites for hydroxylation is 1. The molecule has 0 saturated carbocycles. The van der Waals surface area contributed by atoms with E-state index in [1.165, 1.54) is 4.90 Å². The van der Waals surface area contributed by atoms with E-state index in [9.17, 15) is 18.0 Å². The number of sulfonamides is 1. The molecule has 1 atom stereocenters. The summed E-state index contributed by atoms with van der Waals surface area (Å²) in [5.41, 5.74) is 2.55. The highest BCUT2D eigenvalue weighted by Gasteiger charge is 2.31. The molecule has 0 fully saturated rings. The normalized spacial score (nSPS) is 15.2. The maximum atomic E-state index is 12.9. The number of ketones is 1. The number of nitrogens with one attached hydrogen (secondary N) is 1. The Morgan fingerprint density at radius 2 is 1.81 bits per heavy atom. The fourth-order valence-electron chi connectivity index (χ4n) is 3.15. The number of nitrogens with zero attached hydrogens (tertiary/aromatic N) is 1. The average molecular weight is 386 g/mol. The molecule has 0 saturated heterocycles. The highest BCUT2D eigenvalue weighted by molar-refractivity contribution is 7.92. The molecule has 0 aromatic heterocycles. The first-order valence-electron chi connectivity index (χ1n) is 8.77. The van der Waals surface area contributed by atoms with E-state index < -0.39 is 15.9 Å². The summed E-state index contributed by atoms with van der Waals surface area (Å²) in [4.78, 5) is 26.4. The number of benzene rings is 2. The Kier molecular flexibility index (Phi) is 5.32. The number of para-hydroxylation sites is 1. The van der Waals surface area contributed by atoms with E-state index in [2.05, 4.69) is 4.72 Å². The van der Waals surface area contributed by atoms with Crippen LogP contribution in [-0.4, -0.2) is 32.4 Å². The molecule has 27 heavy (non-hydrogen) atoms. The Morgan fingerprint density at radius 3 is 2.52 bits per heavy atom. The molecule has 0 aliphatic carbocycles. The topological polar surface area (TPSA) is 83.6 Å². The van der Waals surface area contributed by atoms with Gasteiger partial charge in [0.1, 0.15) is 0 Å². The molecule has 1 aliphatic heterocycles. The summed E-state index contributed by atoms with van der Waals surface area (Å²) in [6.07, 6.45) is 0.240. The fraction of sp³-hybridized carbons (Fsp3) is 0.300. The van der Waals surface area contributed by atoms with E-state index in [1.807, 2.05) is 19.1 Å². The van der Waals surface area contributed by atoms with Crippen LogP contribution in [0.15, 0.2) is 48.5 Å². The van der Waals surface area contributed by atoms with Crippen LogP contribution in [0, 0.1) is 12.8 Å². The molecule has 1 heterocycles. The van der Waals surface area contributed by atoms with Gasteiger partial charge in [0.05, 0.1) is 17.4 Å². The zero-order valence-corrected chi connectivity index (χ0v) is 16.1. The summed E-state index contributed by atoms with van der Waals surface area (Å²) in [5.74, 6) is -1.37. The van der Waals surface area contributed by atoms with Crippen LogP contribution in [0.4, 0.5) is 11.4 Å². The zero-order valence-electron chi connectivity index (χ0n) is 15.3. The lowest BCUT2D eigenvalue weighted by atomic mass is 9.99. The lowest BCUT2D eigenvalue weighted by molar-refractivity contribution is -0.121. The summed E-state index contributed by atoms with van der Waals surface area (Å²) in [6, 6.07) is 13.9. The van der Waals surface area contributed by atoms with Crippen molar-refractivity contribution in [3.05, 3.63) is 59.7 Å². The summed E-state index contributed by atoms with van der Waals surface area (Å²) < 4.78 is 27.4. The maximum absolute atomic E-state index is 12.9. The minimum atomic E-state index is -3.68. The largest absolute Gasteiger partial charge is 0.311 e. The Labute approximate surface area is 159 Å². The Hall–Kier alpha value is -2.67.